The van der Waals surface area contributed by atoms with Crippen LogP contribution >= 0.6 is 0 Å². The Labute approximate surface area is 118 Å². The van der Waals surface area contributed by atoms with Crippen molar-refractivity contribution in [3.63, 3.8) is 0 Å². The number of rotatable bonds is 7. The van der Waals surface area contributed by atoms with Gasteiger partial charge in [0, 0.05) is 19.1 Å². The Morgan fingerprint density at radius 2 is 2.00 bits per heavy atom. The molecule has 2 N–H and O–H groups in total. The van der Waals surface area contributed by atoms with Crippen LogP contribution in [0.2, 0.25) is 0 Å². The fourth-order valence-corrected chi connectivity index (χ4v) is 3.35. The molecule has 1 saturated carbocycles. The highest BCUT2D eigenvalue weighted by Crippen LogP contribution is 2.36. The van der Waals surface area contributed by atoms with Gasteiger partial charge in [-0.25, -0.2) is 0 Å². The first-order valence-corrected chi connectivity index (χ1v) is 8.14. The molecule has 2 fully saturated rings. The quantitative estimate of drug-likeness (QED) is 0.742. The van der Waals surface area contributed by atoms with E-state index in [1.807, 2.05) is 0 Å². The number of likely N-dealkylation sites (N-methyl/N-ethyl adjacent to an activating group) is 1. The lowest BCUT2D eigenvalue weighted by Crippen LogP contribution is -2.48. The van der Waals surface area contributed by atoms with Crippen LogP contribution in [-0.2, 0) is 0 Å². The lowest BCUT2D eigenvalue weighted by Gasteiger charge is -2.37. The maximum Gasteiger partial charge on any atom is 0.0571 e. The van der Waals surface area contributed by atoms with Crippen LogP contribution in [0.25, 0.3) is 0 Å². The second kappa shape index (κ2) is 7.05. The molecule has 1 heterocycles. The van der Waals surface area contributed by atoms with Gasteiger partial charge in [0.2, 0.25) is 0 Å². The summed E-state index contributed by atoms with van der Waals surface area (Å²) in [6.07, 6.45) is 5.98. The average Bonchev–Trinajstić information content (AvgIpc) is 3.11. The van der Waals surface area contributed by atoms with Crippen molar-refractivity contribution in [2.24, 2.45) is 17.8 Å². The smallest absolute Gasteiger partial charge is 0.0571 e. The molecular formula is C16H32N2O. The van der Waals surface area contributed by atoms with E-state index < -0.39 is 0 Å². The fourth-order valence-electron chi connectivity index (χ4n) is 3.35. The SMILES string of the molecule is CC(C)CCNC1CC(CC(O)C2CC2)CN(C)C1. The van der Waals surface area contributed by atoms with E-state index in [1.165, 1.54) is 25.7 Å². The molecule has 0 aromatic carbocycles. The third-order valence-electron chi connectivity index (χ3n) is 4.62. The van der Waals surface area contributed by atoms with Crippen LogP contribution in [0.1, 0.15) is 46.0 Å². The Hall–Kier alpha value is -0.120. The minimum atomic E-state index is -0.0344. The van der Waals surface area contributed by atoms with Gasteiger partial charge in [0.15, 0.2) is 0 Å². The van der Waals surface area contributed by atoms with Gasteiger partial charge in [0.1, 0.15) is 0 Å². The molecule has 0 amide bonds. The Kier molecular flexibility index (Phi) is 5.67. The summed E-state index contributed by atoms with van der Waals surface area (Å²) in [5, 5.41) is 13.8. The lowest BCUT2D eigenvalue weighted by molar-refractivity contribution is 0.0837. The molecule has 0 radical (unpaired) electrons. The highest BCUT2D eigenvalue weighted by atomic mass is 16.3. The Bertz CT molecular complexity index is 265. The summed E-state index contributed by atoms with van der Waals surface area (Å²) in [6, 6.07) is 0.619. The third kappa shape index (κ3) is 5.41. The molecule has 1 saturated heterocycles. The van der Waals surface area contributed by atoms with E-state index in [4.69, 9.17) is 0 Å². The van der Waals surface area contributed by atoms with E-state index >= 15 is 0 Å². The number of hydrogen-bond acceptors (Lipinski definition) is 3. The van der Waals surface area contributed by atoms with Crippen molar-refractivity contribution >= 4 is 0 Å². The topological polar surface area (TPSA) is 35.5 Å². The summed E-state index contributed by atoms with van der Waals surface area (Å²) >= 11 is 0. The summed E-state index contributed by atoms with van der Waals surface area (Å²) in [7, 11) is 2.22. The molecule has 0 aromatic heterocycles. The molecule has 1 aliphatic carbocycles. The van der Waals surface area contributed by atoms with Crippen LogP contribution in [0.3, 0.4) is 0 Å². The van der Waals surface area contributed by atoms with Crippen molar-refractivity contribution in [1.29, 1.82) is 0 Å². The van der Waals surface area contributed by atoms with Crippen molar-refractivity contribution < 1.29 is 5.11 Å². The van der Waals surface area contributed by atoms with Crippen molar-refractivity contribution in [2.75, 3.05) is 26.7 Å². The van der Waals surface area contributed by atoms with Gasteiger partial charge in [-0.2, -0.15) is 0 Å². The van der Waals surface area contributed by atoms with Crippen LogP contribution in [0.4, 0.5) is 0 Å². The van der Waals surface area contributed by atoms with Crippen molar-refractivity contribution in [2.45, 2.75) is 58.1 Å². The molecule has 0 bridgehead atoms. The number of aliphatic hydroxyl groups is 1. The molecule has 3 unspecified atom stereocenters. The minimum Gasteiger partial charge on any atom is -0.393 e. The molecule has 1 aliphatic heterocycles. The predicted octanol–water partition coefficient (Wildman–Crippen LogP) is 2.10. The van der Waals surface area contributed by atoms with Gasteiger partial charge in [0.05, 0.1) is 6.10 Å². The molecule has 3 atom stereocenters. The minimum absolute atomic E-state index is 0.0344. The van der Waals surface area contributed by atoms with Crippen LogP contribution < -0.4 is 5.32 Å². The van der Waals surface area contributed by atoms with Crippen molar-refractivity contribution in [3.05, 3.63) is 0 Å². The molecule has 0 spiro atoms. The maximum absolute atomic E-state index is 10.1. The Morgan fingerprint density at radius 1 is 1.26 bits per heavy atom. The first-order chi connectivity index (χ1) is 9.04. The van der Waals surface area contributed by atoms with E-state index in [1.54, 1.807) is 0 Å². The number of hydrogen-bond donors (Lipinski definition) is 2. The first kappa shape index (κ1) is 15.3. The molecule has 3 nitrogen and oxygen atoms in total. The normalized spacial score (nSPS) is 30.8. The van der Waals surface area contributed by atoms with Gasteiger partial charge in [0.25, 0.3) is 0 Å². The molecule has 0 aromatic rings. The summed E-state index contributed by atoms with van der Waals surface area (Å²) in [6.45, 7) is 8.02. The Balaban J connectivity index is 1.71. The zero-order valence-corrected chi connectivity index (χ0v) is 12.9. The van der Waals surface area contributed by atoms with Gasteiger partial charge in [-0.3, -0.25) is 0 Å². The van der Waals surface area contributed by atoms with Crippen LogP contribution in [0.5, 0.6) is 0 Å². The monoisotopic (exact) mass is 268 g/mol. The summed E-state index contributed by atoms with van der Waals surface area (Å²) < 4.78 is 0. The number of nitrogens with one attached hydrogen (secondary N) is 1. The molecule has 112 valence electrons. The summed E-state index contributed by atoms with van der Waals surface area (Å²) in [4.78, 5) is 2.43. The maximum atomic E-state index is 10.1. The van der Waals surface area contributed by atoms with Crippen LogP contribution in [0, 0.1) is 17.8 Å². The standard InChI is InChI=1S/C16H32N2O/c1-12(2)6-7-17-15-8-13(10-18(3)11-15)9-16(19)14-4-5-14/h12-17,19H,4-11H2,1-3H3. The second-order valence-corrected chi connectivity index (χ2v) is 7.30. The average molecular weight is 268 g/mol. The number of piperidine rings is 1. The largest absolute Gasteiger partial charge is 0.393 e. The van der Waals surface area contributed by atoms with Gasteiger partial charge in [-0.05, 0) is 63.5 Å². The Morgan fingerprint density at radius 3 is 2.63 bits per heavy atom. The summed E-state index contributed by atoms with van der Waals surface area (Å²) in [5.74, 6) is 2.08. The van der Waals surface area contributed by atoms with E-state index in [0.29, 0.717) is 17.9 Å². The van der Waals surface area contributed by atoms with Gasteiger partial charge >= 0.3 is 0 Å². The van der Waals surface area contributed by atoms with Crippen LogP contribution in [0.15, 0.2) is 0 Å². The molecular weight excluding hydrogens is 236 g/mol. The lowest BCUT2D eigenvalue weighted by atomic mass is 9.88. The molecule has 3 heteroatoms. The number of likely N-dealkylation sites (tertiary alicyclic amines) is 1. The third-order valence-corrected chi connectivity index (χ3v) is 4.62. The predicted molar refractivity (Wildman–Crippen MR) is 80.2 cm³/mol. The zero-order valence-electron chi connectivity index (χ0n) is 12.9. The van der Waals surface area contributed by atoms with Gasteiger partial charge < -0.3 is 15.3 Å². The fraction of sp³-hybridized carbons (Fsp3) is 1.00. The first-order valence-electron chi connectivity index (χ1n) is 8.14. The van der Waals surface area contributed by atoms with E-state index in [2.05, 4.69) is 31.1 Å². The number of nitrogens with zero attached hydrogens (tertiary/aromatic N) is 1. The zero-order chi connectivity index (χ0) is 13.8. The molecule has 2 aliphatic rings. The summed E-state index contributed by atoms with van der Waals surface area (Å²) in [5.41, 5.74) is 0. The van der Waals surface area contributed by atoms with Crippen molar-refractivity contribution in [3.8, 4) is 0 Å². The highest BCUT2D eigenvalue weighted by molar-refractivity contribution is 4.87. The van der Waals surface area contributed by atoms with Gasteiger partial charge in [-0.1, -0.05) is 13.8 Å². The van der Waals surface area contributed by atoms with Crippen LogP contribution in [-0.4, -0.2) is 48.8 Å². The van der Waals surface area contributed by atoms with Crippen molar-refractivity contribution in [1.82, 2.24) is 10.2 Å². The van der Waals surface area contributed by atoms with E-state index in [0.717, 1.165) is 32.0 Å². The molecule has 2 rings (SSSR count). The molecule has 19 heavy (non-hydrogen) atoms. The van der Waals surface area contributed by atoms with E-state index in [-0.39, 0.29) is 6.10 Å². The van der Waals surface area contributed by atoms with Gasteiger partial charge in [-0.15, -0.1) is 0 Å². The van der Waals surface area contributed by atoms with E-state index in [9.17, 15) is 5.11 Å². The second-order valence-electron chi connectivity index (χ2n) is 7.30. The highest BCUT2D eigenvalue weighted by Gasteiger charge is 2.33. The number of aliphatic hydroxyl groups excluding tert-OH is 1.